The molecule has 1 atom stereocenters. The SMILES string of the molecule is CCNc1nnc(-c2nc(C)c(N3CCN(C4CCN(C(=O)c5ccc(Cl)cc5)CC4)C(CC)C3)nc2C)o1. The Kier molecular flexibility index (Phi) is 8.32. The summed E-state index contributed by atoms with van der Waals surface area (Å²) in [5.41, 5.74) is 2.96. The average Bonchev–Trinajstić information content (AvgIpc) is 3.42. The van der Waals surface area contributed by atoms with E-state index in [-0.39, 0.29) is 5.91 Å². The highest BCUT2D eigenvalue weighted by Crippen LogP contribution is 2.29. The Morgan fingerprint density at radius 2 is 1.77 bits per heavy atom. The van der Waals surface area contributed by atoms with Crippen LogP contribution in [-0.2, 0) is 0 Å². The number of aromatic nitrogens is 4. The van der Waals surface area contributed by atoms with Gasteiger partial charge in [-0.15, -0.1) is 5.10 Å². The van der Waals surface area contributed by atoms with Gasteiger partial charge in [0.2, 0.25) is 0 Å². The Morgan fingerprint density at radius 1 is 1.03 bits per heavy atom. The second kappa shape index (κ2) is 11.9. The Balaban J connectivity index is 1.22. The lowest BCUT2D eigenvalue weighted by Gasteiger charge is -2.47. The standard InChI is InChI=1S/C28H37ClN8O2/c1-5-22-17-36(25-19(4)31-24(18(3)32-25)26-33-34-28(39-26)30-6-2)15-16-37(22)23-11-13-35(14-12-23)27(38)20-7-9-21(29)10-8-20/h7-10,22-23H,5-6,11-17H2,1-4H3,(H,30,34). The topological polar surface area (TPSA) is 104 Å². The van der Waals surface area contributed by atoms with Crippen molar-refractivity contribution in [3.05, 3.63) is 46.2 Å². The molecule has 1 aromatic carbocycles. The molecular formula is C28H37ClN8O2. The first-order valence-electron chi connectivity index (χ1n) is 13.9. The van der Waals surface area contributed by atoms with Crippen molar-refractivity contribution in [2.75, 3.05) is 49.5 Å². The number of anilines is 2. The molecule has 10 nitrogen and oxygen atoms in total. The van der Waals surface area contributed by atoms with Crippen LogP contribution in [0.5, 0.6) is 0 Å². The number of carbonyl (C=O) groups is 1. The minimum atomic E-state index is 0.0909. The fraction of sp³-hybridized carbons (Fsp3) is 0.536. The lowest BCUT2D eigenvalue weighted by atomic mass is 9.97. The Labute approximate surface area is 234 Å². The third-order valence-corrected chi connectivity index (χ3v) is 8.04. The van der Waals surface area contributed by atoms with E-state index in [1.165, 1.54) is 0 Å². The van der Waals surface area contributed by atoms with Crippen LogP contribution >= 0.6 is 11.6 Å². The zero-order chi connectivity index (χ0) is 27.5. The number of rotatable bonds is 7. The van der Waals surface area contributed by atoms with E-state index in [0.717, 1.165) is 69.2 Å². The molecule has 2 aliphatic rings. The molecule has 0 saturated carbocycles. The highest BCUT2D eigenvalue weighted by Gasteiger charge is 2.35. The molecular weight excluding hydrogens is 516 g/mol. The van der Waals surface area contributed by atoms with Crippen LogP contribution in [-0.4, -0.2) is 87.2 Å². The van der Waals surface area contributed by atoms with Crippen LogP contribution in [0.1, 0.15) is 54.9 Å². The van der Waals surface area contributed by atoms with Gasteiger partial charge in [0, 0.05) is 61.9 Å². The summed E-state index contributed by atoms with van der Waals surface area (Å²) in [5.74, 6) is 1.39. The molecule has 5 rings (SSSR count). The molecule has 0 aliphatic carbocycles. The van der Waals surface area contributed by atoms with Crippen molar-refractivity contribution in [1.29, 1.82) is 0 Å². The normalized spacial score (nSPS) is 18.9. The maximum absolute atomic E-state index is 13.0. The molecule has 0 spiro atoms. The fourth-order valence-corrected chi connectivity index (χ4v) is 5.84. The van der Waals surface area contributed by atoms with E-state index in [1.807, 2.05) is 37.8 Å². The smallest absolute Gasteiger partial charge is 0.315 e. The number of piperidine rings is 1. The summed E-state index contributed by atoms with van der Waals surface area (Å²) in [4.78, 5) is 29.7. The van der Waals surface area contributed by atoms with E-state index in [0.29, 0.717) is 46.8 Å². The van der Waals surface area contributed by atoms with Crippen LogP contribution in [0.25, 0.3) is 11.6 Å². The van der Waals surface area contributed by atoms with Crippen LogP contribution in [0.3, 0.4) is 0 Å². The molecule has 11 heteroatoms. The number of amides is 1. The fourth-order valence-electron chi connectivity index (χ4n) is 5.72. The van der Waals surface area contributed by atoms with Crippen LogP contribution < -0.4 is 10.2 Å². The summed E-state index contributed by atoms with van der Waals surface area (Å²) in [6.07, 6.45) is 3.03. The van der Waals surface area contributed by atoms with Crippen molar-refractivity contribution in [1.82, 2.24) is 30.0 Å². The van der Waals surface area contributed by atoms with E-state index in [1.54, 1.807) is 12.1 Å². The van der Waals surface area contributed by atoms with Crippen molar-refractivity contribution < 1.29 is 9.21 Å². The van der Waals surface area contributed by atoms with E-state index < -0.39 is 0 Å². The third kappa shape index (κ3) is 5.86. The number of hydrogen-bond donors (Lipinski definition) is 1. The summed E-state index contributed by atoms with van der Waals surface area (Å²) in [7, 11) is 0. The highest BCUT2D eigenvalue weighted by molar-refractivity contribution is 6.30. The third-order valence-electron chi connectivity index (χ3n) is 7.79. The maximum atomic E-state index is 13.0. The molecule has 39 heavy (non-hydrogen) atoms. The number of carbonyl (C=O) groups excluding carboxylic acids is 1. The predicted octanol–water partition coefficient (Wildman–Crippen LogP) is 4.43. The molecule has 0 bridgehead atoms. The van der Waals surface area contributed by atoms with Gasteiger partial charge in [0.25, 0.3) is 11.8 Å². The van der Waals surface area contributed by atoms with Crippen LogP contribution in [0.15, 0.2) is 28.7 Å². The van der Waals surface area contributed by atoms with Gasteiger partial charge in [-0.25, -0.2) is 9.97 Å². The number of aryl methyl sites for hydroxylation is 2. The summed E-state index contributed by atoms with van der Waals surface area (Å²) >= 11 is 5.99. The minimum absolute atomic E-state index is 0.0909. The van der Waals surface area contributed by atoms with Crippen molar-refractivity contribution in [2.45, 2.75) is 59.0 Å². The summed E-state index contributed by atoms with van der Waals surface area (Å²) in [5, 5.41) is 11.9. The first kappa shape index (κ1) is 27.3. The van der Waals surface area contributed by atoms with E-state index >= 15 is 0 Å². The van der Waals surface area contributed by atoms with Crippen LogP contribution in [0.4, 0.5) is 11.8 Å². The number of likely N-dealkylation sites (tertiary alicyclic amines) is 1. The lowest BCUT2D eigenvalue weighted by molar-refractivity contribution is 0.0490. The van der Waals surface area contributed by atoms with Gasteiger partial charge in [0.05, 0.1) is 11.4 Å². The van der Waals surface area contributed by atoms with E-state index in [2.05, 4.69) is 32.2 Å². The molecule has 2 saturated heterocycles. The van der Waals surface area contributed by atoms with Gasteiger partial charge < -0.3 is 19.5 Å². The van der Waals surface area contributed by atoms with Gasteiger partial charge in [0.1, 0.15) is 11.5 Å². The Morgan fingerprint density at radius 3 is 2.46 bits per heavy atom. The molecule has 0 radical (unpaired) electrons. The van der Waals surface area contributed by atoms with Crippen LogP contribution in [0.2, 0.25) is 5.02 Å². The summed E-state index contributed by atoms with van der Waals surface area (Å²) in [6.45, 7) is 13.2. The van der Waals surface area contributed by atoms with Gasteiger partial charge in [-0.3, -0.25) is 9.69 Å². The lowest BCUT2D eigenvalue weighted by Crippen LogP contribution is -2.59. The Bertz CT molecular complexity index is 1290. The Hall–Kier alpha value is -3.24. The first-order valence-corrected chi connectivity index (χ1v) is 14.2. The zero-order valence-corrected chi connectivity index (χ0v) is 23.9. The van der Waals surface area contributed by atoms with Crippen LogP contribution in [0, 0.1) is 13.8 Å². The highest BCUT2D eigenvalue weighted by atomic mass is 35.5. The van der Waals surface area contributed by atoms with Crippen molar-refractivity contribution in [3.8, 4) is 11.6 Å². The van der Waals surface area contributed by atoms with Gasteiger partial charge >= 0.3 is 6.01 Å². The molecule has 1 amide bonds. The second-order valence-corrected chi connectivity index (χ2v) is 10.7. The molecule has 208 valence electrons. The largest absolute Gasteiger partial charge is 0.402 e. The number of nitrogens with one attached hydrogen (secondary N) is 1. The number of hydrogen-bond acceptors (Lipinski definition) is 9. The molecule has 4 heterocycles. The number of piperazine rings is 1. The molecule has 1 unspecified atom stereocenters. The number of halogens is 1. The first-order chi connectivity index (χ1) is 18.9. The molecule has 2 aromatic heterocycles. The molecule has 2 fully saturated rings. The minimum Gasteiger partial charge on any atom is -0.402 e. The second-order valence-electron chi connectivity index (χ2n) is 10.3. The van der Waals surface area contributed by atoms with E-state index in [9.17, 15) is 4.79 Å². The molecule has 1 N–H and O–H groups in total. The van der Waals surface area contributed by atoms with Gasteiger partial charge in [0.15, 0.2) is 0 Å². The van der Waals surface area contributed by atoms with E-state index in [4.69, 9.17) is 26.0 Å². The molecule has 3 aromatic rings. The van der Waals surface area contributed by atoms with Gasteiger partial charge in [-0.05, 0) is 64.3 Å². The monoisotopic (exact) mass is 552 g/mol. The molecule has 2 aliphatic heterocycles. The van der Waals surface area contributed by atoms with Crippen molar-refractivity contribution in [3.63, 3.8) is 0 Å². The van der Waals surface area contributed by atoms with Gasteiger partial charge in [-0.2, -0.15) is 0 Å². The summed E-state index contributed by atoms with van der Waals surface area (Å²) < 4.78 is 5.71. The maximum Gasteiger partial charge on any atom is 0.315 e. The van der Waals surface area contributed by atoms with Crippen molar-refractivity contribution >= 4 is 29.3 Å². The zero-order valence-electron chi connectivity index (χ0n) is 23.2. The average molecular weight is 553 g/mol. The van der Waals surface area contributed by atoms with Gasteiger partial charge in [-0.1, -0.05) is 23.6 Å². The van der Waals surface area contributed by atoms with Crippen molar-refractivity contribution in [2.24, 2.45) is 0 Å². The summed E-state index contributed by atoms with van der Waals surface area (Å²) in [6, 6.07) is 8.46. The number of benzene rings is 1. The number of nitrogens with zero attached hydrogens (tertiary/aromatic N) is 7. The predicted molar refractivity (Wildman–Crippen MR) is 152 cm³/mol. The quantitative estimate of drug-likeness (QED) is 0.455.